The number of aromatic nitrogens is 4. The van der Waals surface area contributed by atoms with Crippen molar-refractivity contribution in [1.82, 2.24) is 19.5 Å². The van der Waals surface area contributed by atoms with Gasteiger partial charge in [-0.25, -0.2) is 4.98 Å². The maximum absolute atomic E-state index is 11.1. The van der Waals surface area contributed by atoms with Gasteiger partial charge < -0.3 is 5.11 Å². The van der Waals surface area contributed by atoms with Crippen LogP contribution in [-0.4, -0.2) is 24.6 Å². The first-order valence-corrected chi connectivity index (χ1v) is 18.2. The van der Waals surface area contributed by atoms with Gasteiger partial charge in [-0.05, 0) is 76.2 Å². The molecular formula is C49H37N4OPt-. The molecular weight excluding hydrogens is 856 g/mol. The number of para-hydroxylation sites is 3. The Hall–Kier alpha value is -6.16. The first kappa shape index (κ1) is 35.8. The van der Waals surface area contributed by atoms with Gasteiger partial charge in [0, 0.05) is 72.4 Å². The summed E-state index contributed by atoms with van der Waals surface area (Å²) in [4.78, 5) is 14.8. The first-order chi connectivity index (χ1) is 26.3. The number of aromatic hydroxyl groups is 1. The minimum absolute atomic E-state index is 0. The molecule has 0 saturated heterocycles. The Bertz CT molecular complexity index is 2840. The minimum atomic E-state index is -0.0124. The molecule has 0 amide bonds. The van der Waals surface area contributed by atoms with Crippen LogP contribution < -0.4 is 0 Å². The fourth-order valence-electron chi connectivity index (χ4n) is 7.37. The quantitative estimate of drug-likeness (QED) is 0.169. The molecule has 5 aromatic carbocycles. The zero-order valence-corrected chi connectivity index (χ0v) is 32.9. The third-order valence-corrected chi connectivity index (χ3v) is 10.1. The van der Waals surface area contributed by atoms with Crippen LogP contribution in [0.5, 0.6) is 5.75 Å². The maximum atomic E-state index is 11.1. The second-order valence-electron chi connectivity index (χ2n) is 14.6. The van der Waals surface area contributed by atoms with E-state index in [2.05, 4.69) is 128 Å². The SMILES string of the molecule is CC(C)(C)c1ccnc(-c2[c-]c(-c3cc(-c4ccccc4-c4cccc5c6cccnc6n(-c6ccccc6)c45)cc(-c4ccccc4O)n3)ccc2)c1.[Pt]. The summed E-state index contributed by atoms with van der Waals surface area (Å²) in [5.74, 6) is 0.173. The molecule has 0 bridgehead atoms. The van der Waals surface area contributed by atoms with Gasteiger partial charge in [0.05, 0.1) is 11.2 Å². The summed E-state index contributed by atoms with van der Waals surface area (Å²) in [5.41, 5.74) is 13.1. The number of phenolic OH excluding ortho intramolecular Hbond substituents is 1. The van der Waals surface area contributed by atoms with Gasteiger partial charge >= 0.3 is 0 Å². The molecule has 6 heteroatoms. The van der Waals surface area contributed by atoms with E-state index in [0.717, 1.165) is 72.4 Å². The number of phenols is 1. The van der Waals surface area contributed by atoms with E-state index in [9.17, 15) is 5.11 Å². The van der Waals surface area contributed by atoms with Crippen molar-refractivity contribution >= 4 is 21.9 Å². The van der Waals surface area contributed by atoms with Crippen LogP contribution in [0.15, 0.2) is 164 Å². The molecule has 9 aromatic rings. The van der Waals surface area contributed by atoms with Crippen molar-refractivity contribution in [2.75, 3.05) is 0 Å². The maximum Gasteiger partial charge on any atom is 0.145 e. The third kappa shape index (κ3) is 6.66. The van der Waals surface area contributed by atoms with Crippen LogP contribution in [0.2, 0.25) is 0 Å². The molecule has 270 valence electrons. The molecule has 4 aromatic heterocycles. The molecule has 55 heavy (non-hydrogen) atoms. The van der Waals surface area contributed by atoms with Crippen molar-refractivity contribution in [2.45, 2.75) is 26.2 Å². The van der Waals surface area contributed by atoms with Crippen molar-refractivity contribution in [3.05, 3.63) is 176 Å². The largest absolute Gasteiger partial charge is 0.507 e. The van der Waals surface area contributed by atoms with E-state index < -0.39 is 0 Å². The normalized spacial score (nSPS) is 11.5. The van der Waals surface area contributed by atoms with Crippen molar-refractivity contribution in [1.29, 1.82) is 0 Å². The summed E-state index contributed by atoms with van der Waals surface area (Å²) in [7, 11) is 0. The van der Waals surface area contributed by atoms with Crippen molar-refractivity contribution in [3.8, 4) is 67.5 Å². The minimum Gasteiger partial charge on any atom is -0.507 e. The summed E-state index contributed by atoms with van der Waals surface area (Å²) < 4.78 is 2.27. The van der Waals surface area contributed by atoms with Gasteiger partial charge in [0.15, 0.2) is 0 Å². The van der Waals surface area contributed by atoms with Crippen LogP contribution in [0.3, 0.4) is 0 Å². The molecule has 0 aliphatic heterocycles. The smallest absolute Gasteiger partial charge is 0.145 e. The van der Waals surface area contributed by atoms with Gasteiger partial charge in [-0.1, -0.05) is 117 Å². The van der Waals surface area contributed by atoms with Crippen molar-refractivity contribution in [3.63, 3.8) is 0 Å². The van der Waals surface area contributed by atoms with Crippen LogP contribution in [0.1, 0.15) is 26.3 Å². The third-order valence-electron chi connectivity index (χ3n) is 10.1. The van der Waals surface area contributed by atoms with Gasteiger partial charge in [0.25, 0.3) is 0 Å². The summed E-state index contributed by atoms with van der Waals surface area (Å²) in [5, 5.41) is 13.3. The molecule has 9 rings (SSSR count). The summed E-state index contributed by atoms with van der Waals surface area (Å²) in [6.07, 6.45) is 3.73. The average Bonchev–Trinajstić information content (AvgIpc) is 3.56. The zero-order chi connectivity index (χ0) is 36.8. The van der Waals surface area contributed by atoms with Crippen LogP contribution >= 0.6 is 0 Å². The van der Waals surface area contributed by atoms with Gasteiger partial charge in [-0.2, -0.15) is 0 Å². The molecule has 0 spiro atoms. The molecule has 0 aliphatic rings. The number of benzene rings is 5. The predicted molar refractivity (Wildman–Crippen MR) is 221 cm³/mol. The van der Waals surface area contributed by atoms with Crippen LogP contribution in [0, 0.1) is 6.07 Å². The van der Waals surface area contributed by atoms with Gasteiger partial charge in [0.2, 0.25) is 0 Å². The molecule has 5 nitrogen and oxygen atoms in total. The van der Waals surface area contributed by atoms with Gasteiger partial charge in [-0.3, -0.25) is 14.5 Å². The van der Waals surface area contributed by atoms with Crippen molar-refractivity contribution < 1.29 is 26.2 Å². The number of hydrogen-bond acceptors (Lipinski definition) is 4. The Morgan fingerprint density at radius 1 is 0.545 bits per heavy atom. The topological polar surface area (TPSA) is 63.8 Å². The molecule has 1 N–H and O–H groups in total. The van der Waals surface area contributed by atoms with E-state index in [1.807, 2.05) is 60.9 Å². The molecule has 0 unspecified atom stereocenters. The molecule has 0 fully saturated rings. The Labute approximate surface area is 335 Å². The van der Waals surface area contributed by atoms with Gasteiger partial charge in [0.1, 0.15) is 11.4 Å². The monoisotopic (exact) mass is 892 g/mol. The van der Waals surface area contributed by atoms with Gasteiger partial charge in [-0.15, -0.1) is 24.3 Å². The predicted octanol–water partition coefficient (Wildman–Crippen LogP) is 12.1. The number of pyridine rings is 3. The van der Waals surface area contributed by atoms with E-state index in [1.165, 1.54) is 5.56 Å². The fourth-order valence-corrected chi connectivity index (χ4v) is 7.37. The number of rotatable bonds is 6. The summed E-state index contributed by atoms with van der Waals surface area (Å²) >= 11 is 0. The number of hydrogen-bond donors (Lipinski definition) is 1. The first-order valence-electron chi connectivity index (χ1n) is 18.2. The van der Waals surface area contributed by atoms with E-state index in [1.54, 1.807) is 6.07 Å². The number of nitrogens with zero attached hydrogens (tertiary/aromatic N) is 4. The molecule has 0 atom stereocenters. The molecule has 0 saturated carbocycles. The second kappa shape index (κ2) is 14.6. The Kier molecular flexibility index (Phi) is 9.50. The van der Waals surface area contributed by atoms with Crippen molar-refractivity contribution in [2.24, 2.45) is 0 Å². The summed E-state index contributed by atoms with van der Waals surface area (Å²) in [6, 6.07) is 55.1. The Morgan fingerprint density at radius 2 is 1.20 bits per heavy atom. The molecule has 0 aliphatic carbocycles. The van der Waals surface area contributed by atoms with E-state index in [4.69, 9.17) is 15.0 Å². The van der Waals surface area contributed by atoms with E-state index in [0.29, 0.717) is 11.3 Å². The molecule has 0 radical (unpaired) electrons. The average molecular weight is 893 g/mol. The number of fused-ring (bicyclic) bond motifs is 3. The van der Waals surface area contributed by atoms with E-state index >= 15 is 0 Å². The summed E-state index contributed by atoms with van der Waals surface area (Å²) in [6.45, 7) is 6.62. The van der Waals surface area contributed by atoms with Crippen LogP contribution in [-0.2, 0) is 26.5 Å². The van der Waals surface area contributed by atoms with E-state index in [-0.39, 0.29) is 32.2 Å². The molecule has 4 heterocycles. The Morgan fingerprint density at radius 3 is 1.98 bits per heavy atom. The Balaban J connectivity index is 0.00000427. The standard InChI is InChI=1S/C49H37N4O.Pt/c1-49(2,3)35-25-27-50-43(31-35)32-14-11-15-33(28-32)44-29-34(30-45(52-44)42-20-9-10-24-46(42)54)37-18-7-8-19-38(37)39-21-12-22-40-41-23-13-26-51-48(41)53(47(39)40)36-16-5-4-6-17-36;/h4-27,29-31,54H,1-3H3;/q-1;. The second-order valence-corrected chi connectivity index (χ2v) is 14.6. The van der Waals surface area contributed by atoms with Crippen LogP contribution in [0.4, 0.5) is 0 Å². The van der Waals surface area contributed by atoms with Crippen LogP contribution in [0.25, 0.3) is 83.6 Å². The fraction of sp³-hybridized carbons (Fsp3) is 0.0816. The zero-order valence-electron chi connectivity index (χ0n) is 30.6.